The molecule has 0 amide bonds. The van der Waals surface area contributed by atoms with Crippen LogP contribution >= 0.6 is 0 Å². The Morgan fingerprint density at radius 2 is 2.05 bits per heavy atom. The van der Waals surface area contributed by atoms with E-state index in [2.05, 4.69) is 11.8 Å². The van der Waals surface area contributed by atoms with Gasteiger partial charge in [0.05, 0.1) is 12.7 Å². The van der Waals surface area contributed by atoms with E-state index < -0.39 is 6.10 Å². The molecule has 1 aliphatic heterocycles. The van der Waals surface area contributed by atoms with Crippen LogP contribution in [0.4, 0.5) is 0 Å². The second-order valence-corrected chi connectivity index (χ2v) is 5.99. The minimum Gasteiger partial charge on any atom is -0.493 e. The highest BCUT2D eigenvalue weighted by atomic mass is 16.5. The molecule has 2 unspecified atom stereocenters. The average Bonchev–Trinajstić information content (AvgIpc) is 2.73. The maximum absolute atomic E-state index is 10.6. The van der Waals surface area contributed by atoms with Gasteiger partial charge in [-0.3, -0.25) is 0 Å². The van der Waals surface area contributed by atoms with Gasteiger partial charge in [-0.25, -0.2) is 0 Å². The van der Waals surface area contributed by atoms with Gasteiger partial charge in [0.1, 0.15) is 5.75 Å². The summed E-state index contributed by atoms with van der Waals surface area (Å²) in [6.07, 6.45) is 4.66. The second-order valence-electron chi connectivity index (χ2n) is 5.99. The van der Waals surface area contributed by atoms with Crippen LogP contribution in [0.1, 0.15) is 51.2 Å². The molecule has 1 aromatic carbocycles. The summed E-state index contributed by atoms with van der Waals surface area (Å²) in [5.41, 5.74) is 0.913. The van der Waals surface area contributed by atoms with Crippen molar-refractivity contribution >= 4 is 0 Å². The summed E-state index contributed by atoms with van der Waals surface area (Å²) < 4.78 is 5.63. The molecule has 1 heterocycles. The number of aliphatic hydroxyl groups excluding tert-OH is 1. The maximum Gasteiger partial charge on any atom is 0.125 e. The summed E-state index contributed by atoms with van der Waals surface area (Å²) in [5.74, 6) is 1.68. The van der Waals surface area contributed by atoms with Gasteiger partial charge >= 0.3 is 0 Å². The molecule has 3 nitrogen and oxygen atoms in total. The Morgan fingerprint density at radius 3 is 2.81 bits per heavy atom. The summed E-state index contributed by atoms with van der Waals surface area (Å²) in [5, 5.41) is 10.6. The molecule has 0 saturated carbocycles. The summed E-state index contributed by atoms with van der Waals surface area (Å²) in [6.45, 7) is 7.80. The number of β-amino-alcohol motifs (C(OH)–C–C–N with tert-alkyl or cyclic N) is 1. The van der Waals surface area contributed by atoms with Crippen molar-refractivity contribution < 1.29 is 9.84 Å². The second kappa shape index (κ2) is 8.40. The predicted molar refractivity (Wildman–Crippen MR) is 86.6 cm³/mol. The molecular formula is C18H29NO2. The Hall–Kier alpha value is -1.06. The first-order valence-corrected chi connectivity index (χ1v) is 8.36. The molecule has 0 aliphatic carbocycles. The predicted octanol–water partition coefficient (Wildman–Crippen LogP) is 3.63. The quantitative estimate of drug-likeness (QED) is 0.868. The lowest BCUT2D eigenvalue weighted by Crippen LogP contribution is -2.30. The van der Waals surface area contributed by atoms with E-state index >= 15 is 0 Å². The van der Waals surface area contributed by atoms with Gasteiger partial charge in [-0.15, -0.1) is 0 Å². The number of likely N-dealkylation sites (tertiary alicyclic amines) is 1. The van der Waals surface area contributed by atoms with Crippen molar-refractivity contribution in [1.29, 1.82) is 0 Å². The zero-order valence-electron chi connectivity index (χ0n) is 13.4. The molecule has 1 aliphatic rings. The molecule has 3 heteroatoms. The van der Waals surface area contributed by atoms with Gasteiger partial charge in [0.25, 0.3) is 0 Å². The summed E-state index contributed by atoms with van der Waals surface area (Å²) in [7, 11) is 0. The van der Waals surface area contributed by atoms with Crippen molar-refractivity contribution in [2.45, 2.75) is 45.6 Å². The fraction of sp³-hybridized carbons (Fsp3) is 0.667. The molecule has 1 saturated heterocycles. The van der Waals surface area contributed by atoms with Gasteiger partial charge in [-0.2, -0.15) is 0 Å². The smallest absolute Gasteiger partial charge is 0.125 e. The molecule has 118 valence electrons. The van der Waals surface area contributed by atoms with Crippen LogP contribution < -0.4 is 4.74 Å². The number of aliphatic hydroxyl groups is 1. The van der Waals surface area contributed by atoms with Crippen LogP contribution in [-0.2, 0) is 0 Å². The molecule has 1 N–H and O–H groups in total. The number of benzene rings is 1. The lowest BCUT2D eigenvalue weighted by molar-refractivity contribution is 0.111. The zero-order valence-corrected chi connectivity index (χ0v) is 13.4. The fourth-order valence-electron chi connectivity index (χ4n) is 3.20. The van der Waals surface area contributed by atoms with Gasteiger partial charge in [-0.1, -0.05) is 31.5 Å². The molecule has 1 aromatic rings. The van der Waals surface area contributed by atoms with Crippen LogP contribution in [0, 0.1) is 5.92 Å². The van der Waals surface area contributed by atoms with Gasteiger partial charge in [0.15, 0.2) is 0 Å². The van der Waals surface area contributed by atoms with E-state index in [1.807, 2.05) is 31.2 Å². The Balaban J connectivity index is 1.96. The van der Waals surface area contributed by atoms with Crippen molar-refractivity contribution in [3.8, 4) is 5.75 Å². The topological polar surface area (TPSA) is 32.7 Å². The van der Waals surface area contributed by atoms with Crippen molar-refractivity contribution in [2.75, 3.05) is 26.2 Å². The maximum atomic E-state index is 10.6. The molecule has 0 radical (unpaired) electrons. The van der Waals surface area contributed by atoms with Crippen molar-refractivity contribution in [3.63, 3.8) is 0 Å². The first kappa shape index (κ1) is 16.3. The molecule has 21 heavy (non-hydrogen) atoms. The molecule has 1 fully saturated rings. The van der Waals surface area contributed by atoms with Crippen molar-refractivity contribution in [1.82, 2.24) is 4.90 Å². The van der Waals surface area contributed by atoms with E-state index in [9.17, 15) is 5.11 Å². The summed E-state index contributed by atoms with van der Waals surface area (Å²) in [4.78, 5) is 2.41. The minimum absolute atomic E-state index is 0.467. The highest BCUT2D eigenvalue weighted by Gasteiger charge is 2.20. The Labute approximate surface area is 128 Å². The van der Waals surface area contributed by atoms with Crippen molar-refractivity contribution in [2.24, 2.45) is 5.92 Å². The van der Waals surface area contributed by atoms with Gasteiger partial charge < -0.3 is 14.7 Å². The molecule has 0 bridgehead atoms. The molecule has 2 atom stereocenters. The van der Waals surface area contributed by atoms with Crippen LogP contribution in [0.5, 0.6) is 5.75 Å². The summed E-state index contributed by atoms with van der Waals surface area (Å²) in [6, 6.07) is 7.84. The van der Waals surface area contributed by atoms with E-state index in [1.54, 1.807) is 0 Å². The first-order chi connectivity index (χ1) is 10.2. The van der Waals surface area contributed by atoms with E-state index in [0.29, 0.717) is 13.2 Å². The lowest BCUT2D eigenvalue weighted by Gasteiger charge is -2.24. The number of ether oxygens (including phenoxy) is 1. The highest BCUT2D eigenvalue weighted by molar-refractivity contribution is 5.35. The normalized spacial score (nSPS) is 21.8. The van der Waals surface area contributed by atoms with Gasteiger partial charge in [-0.05, 0) is 51.3 Å². The molecule has 0 spiro atoms. The standard InChI is InChI=1S/C18H29NO2/c1-3-15-8-7-12-19(13-11-15)14-17(20)16-9-5-6-10-18(16)21-4-2/h5-6,9-10,15,17,20H,3-4,7-8,11-14H2,1-2H3. The molecular weight excluding hydrogens is 262 g/mol. The van der Waals surface area contributed by atoms with E-state index in [1.165, 1.54) is 25.7 Å². The Bertz CT molecular complexity index is 421. The number of hydrogen-bond donors (Lipinski definition) is 1. The monoisotopic (exact) mass is 291 g/mol. The lowest BCUT2D eigenvalue weighted by atomic mass is 9.98. The number of para-hydroxylation sites is 1. The third-order valence-electron chi connectivity index (χ3n) is 4.53. The highest BCUT2D eigenvalue weighted by Crippen LogP contribution is 2.27. The number of hydrogen-bond acceptors (Lipinski definition) is 3. The third kappa shape index (κ3) is 4.72. The van der Waals surface area contributed by atoms with Crippen LogP contribution in [0.25, 0.3) is 0 Å². The largest absolute Gasteiger partial charge is 0.493 e. The van der Waals surface area contributed by atoms with E-state index in [0.717, 1.165) is 30.3 Å². The van der Waals surface area contributed by atoms with Crippen LogP contribution in [0.15, 0.2) is 24.3 Å². The SMILES string of the molecule is CCOc1ccccc1C(O)CN1CCCC(CC)CC1. The van der Waals surface area contributed by atoms with E-state index in [4.69, 9.17) is 4.74 Å². The first-order valence-electron chi connectivity index (χ1n) is 8.36. The summed E-state index contributed by atoms with van der Waals surface area (Å²) >= 11 is 0. The zero-order chi connectivity index (χ0) is 15.1. The Morgan fingerprint density at radius 1 is 1.24 bits per heavy atom. The van der Waals surface area contributed by atoms with Crippen molar-refractivity contribution in [3.05, 3.63) is 29.8 Å². The van der Waals surface area contributed by atoms with Gasteiger partial charge in [0, 0.05) is 12.1 Å². The average molecular weight is 291 g/mol. The minimum atomic E-state index is -0.467. The Kier molecular flexibility index (Phi) is 6.52. The van der Waals surface area contributed by atoms with E-state index in [-0.39, 0.29) is 0 Å². The fourth-order valence-corrected chi connectivity index (χ4v) is 3.20. The van der Waals surface area contributed by atoms with Crippen LogP contribution in [0.2, 0.25) is 0 Å². The molecule has 2 rings (SSSR count). The van der Waals surface area contributed by atoms with Gasteiger partial charge in [0.2, 0.25) is 0 Å². The number of rotatable bonds is 6. The molecule has 0 aromatic heterocycles. The van der Waals surface area contributed by atoms with Crippen LogP contribution in [-0.4, -0.2) is 36.2 Å². The number of nitrogens with zero attached hydrogens (tertiary/aromatic N) is 1. The third-order valence-corrected chi connectivity index (χ3v) is 4.53. The van der Waals surface area contributed by atoms with Crippen LogP contribution in [0.3, 0.4) is 0 Å².